The van der Waals surface area contributed by atoms with Crippen LogP contribution in [0.25, 0.3) is 5.95 Å². The fraction of sp³-hybridized carbons (Fsp3) is 0.440. The molecule has 9 heteroatoms. The second-order valence-electron chi connectivity index (χ2n) is 8.54. The molecule has 1 N–H and O–H groups in total. The minimum Gasteiger partial charge on any atom is -0.493 e. The molecule has 4 rings (SSSR count). The summed E-state index contributed by atoms with van der Waals surface area (Å²) in [6, 6.07) is 7.16. The van der Waals surface area contributed by atoms with Gasteiger partial charge in [-0.1, -0.05) is 18.9 Å². The highest BCUT2D eigenvalue weighted by Crippen LogP contribution is 2.30. The Labute approximate surface area is 200 Å². The third-order valence-electron chi connectivity index (χ3n) is 6.18. The molecular weight excluding hydrogens is 432 g/mol. The zero-order valence-corrected chi connectivity index (χ0v) is 20.2. The monoisotopic (exact) mass is 464 g/mol. The molecule has 1 aliphatic rings. The van der Waals surface area contributed by atoms with Crippen LogP contribution in [-0.4, -0.2) is 52.2 Å². The van der Waals surface area contributed by atoms with Gasteiger partial charge in [-0.25, -0.2) is 9.97 Å². The van der Waals surface area contributed by atoms with Gasteiger partial charge in [0.1, 0.15) is 18.2 Å². The summed E-state index contributed by atoms with van der Waals surface area (Å²) in [4.78, 5) is 29.1. The van der Waals surface area contributed by atoms with Crippen LogP contribution in [0.4, 0.5) is 5.82 Å². The number of benzene rings is 1. The largest absolute Gasteiger partial charge is 0.493 e. The minimum absolute atomic E-state index is 0.00960. The first-order valence-electron chi connectivity index (χ1n) is 11.6. The van der Waals surface area contributed by atoms with Crippen LogP contribution >= 0.6 is 0 Å². The van der Waals surface area contributed by atoms with Crippen molar-refractivity contribution >= 4 is 11.7 Å². The number of hydrogen-bond donors (Lipinski definition) is 1. The number of methoxy groups -OCH3 is 2. The highest BCUT2D eigenvalue weighted by atomic mass is 16.5. The molecule has 1 amide bonds. The molecule has 0 bridgehead atoms. The molecule has 3 heterocycles. The van der Waals surface area contributed by atoms with Gasteiger partial charge in [0.2, 0.25) is 11.9 Å². The van der Waals surface area contributed by atoms with Crippen molar-refractivity contribution in [3.8, 4) is 17.4 Å². The van der Waals surface area contributed by atoms with E-state index in [4.69, 9.17) is 14.5 Å². The Bertz CT molecular complexity index is 1120. The standard InChI is InChI=1S/C25H32N6O3/c1-17-14-23(29-25(27-17)30-13-11-26-16-30)31-12-7-5-6-8-20(31)24(32)28-18(2)19-9-10-21(33-3)22(15-19)34-4/h9-11,13-16,18,20H,5-8,12H2,1-4H3,(H,28,32). The summed E-state index contributed by atoms with van der Waals surface area (Å²) >= 11 is 0. The second kappa shape index (κ2) is 10.5. The Balaban J connectivity index is 1.57. The number of hydrogen-bond acceptors (Lipinski definition) is 7. The summed E-state index contributed by atoms with van der Waals surface area (Å²) in [6.45, 7) is 4.69. The molecule has 3 aromatic rings. The van der Waals surface area contributed by atoms with Crippen molar-refractivity contribution in [2.75, 3.05) is 25.7 Å². The van der Waals surface area contributed by atoms with E-state index in [-0.39, 0.29) is 18.0 Å². The predicted octanol–water partition coefficient (Wildman–Crippen LogP) is 3.61. The van der Waals surface area contributed by atoms with Crippen LogP contribution in [0, 0.1) is 6.92 Å². The highest BCUT2D eigenvalue weighted by molar-refractivity contribution is 5.85. The van der Waals surface area contributed by atoms with Crippen LogP contribution in [0.5, 0.6) is 11.5 Å². The van der Waals surface area contributed by atoms with E-state index in [1.807, 2.05) is 44.3 Å². The number of aryl methyl sites for hydroxylation is 1. The third kappa shape index (κ3) is 5.13. The highest BCUT2D eigenvalue weighted by Gasteiger charge is 2.30. The van der Waals surface area contributed by atoms with Gasteiger partial charge in [0, 0.05) is 30.7 Å². The lowest BCUT2D eigenvalue weighted by atomic mass is 10.1. The average molecular weight is 465 g/mol. The van der Waals surface area contributed by atoms with E-state index in [9.17, 15) is 4.79 Å². The number of aromatic nitrogens is 4. The molecule has 1 aromatic carbocycles. The lowest BCUT2D eigenvalue weighted by Crippen LogP contribution is -2.47. The molecule has 0 aliphatic carbocycles. The van der Waals surface area contributed by atoms with E-state index >= 15 is 0 Å². The molecule has 0 saturated carbocycles. The first-order valence-corrected chi connectivity index (χ1v) is 11.6. The van der Waals surface area contributed by atoms with Crippen molar-refractivity contribution in [1.29, 1.82) is 0 Å². The van der Waals surface area contributed by atoms with Crippen LogP contribution < -0.4 is 19.7 Å². The van der Waals surface area contributed by atoms with Crippen molar-refractivity contribution in [3.05, 3.63) is 54.2 Å². The number of amides is 1. The molecular formula is C25H32N6O3. The Hall–Kier alpha value is -3.62. The van der Waals surface area contributed by atoms with E-state index < -0.39 is 0 Å². The Morgan fingerprint density at radius 2 is 1.94 bits per heavy atom. The van der Waals surface area contributed by atoms with E-state index in [1.54, 1.807) is 31.3 Å². The van der Waals surface area contributed by atoms with Crippen molar-refractivity contribution in [2.24, 2.45) is 0 Å². The molecule has 1 aliphatic heterocycles. The number of rotatable bonds is 7. The topological polar surface area (TPSA) is 94.4 Å². The second-order valence-corrected chi connectivity index (χ2v) is 8.54. The van der Waals surface area contributed by atoms with Crippen molar-refractivity contribution in [1.82, 2.24) is 24.8 Å². The predicted molar refractivity (Wildman–Crippen MR) is 130 cm³/mol. The van der Waals surface area contributed by atoms with Gasteiger partial charge in [-0.15, -0.1) is 0 Å². The maximum Gasteiger partial charge on any atom is 0.243 e. The summed E-state index contributed by atoms with van der Waals surface area (Å²) < 4.78 is 12.5. The third-order valence-corrected chi connectivity index (χ3v) is 6.18. The summed E-state index contributed by atoms with van der Waals surface area (Å²) in [5, 5.41) is 3.20. The number of carbonyl (C=O) groups excluding carboxylic acids is 1. The average Bonchev–Trinajstić information content (AvgIpc) is 3.27. The number of anilines is 1. The number of carbonyl (C=O) groups is 1. The van der Waals surface area contributed by atoms with E-state index in [0.29, 0.717) is 17.4 Å². The zero-order valence-electron chi connectivity index (χ0n) is 20.2. The summed E-state index contributed by atoms with van der Waals surface area (Å²) in [6.07, 6.45) is 9.06. The Kier molecular flexibility index (Phi) is 7.30. The van der Waals surface area contributed by atoms with Gasteiger partial charge in [-0.2, -0.15) is 4.98 Å². The van der Waals surface area contributed by atoms with E-state index in [1.165, 1.54) is 0 Å². The molecule has 2 atom stereocenters. The van der Waals surface area contributed by atoms with Crippen LogP contribution in [-0.2, 0) is 4.79 Å². The quantitative estimate of drug-likeness (QED) is 0.571. The summed E-state index contributed by atoms with van der Waals surface area (Å²) in [5.74, 6) is 2.60. The van der Waals surface area contributed by atoms with E-state index in [2.05, 4.69) is 20.2 Å². The first-order chi connectivity index (χ1) is 16.5. The Morgan fingerprint density at radius 1 is 1.12 bits per heavy atom. The SMILES string of the molecule is COc1ccc(C(C)NC(=O)C2CCCCCN2c2cc(C)nc(-n3ccnc3)n2)cc1OC. The smallest absolute Gasteiger partial charge is 0.243 e. The minimum atomic E-state index is -0.310. The first kappa shape index (κ1) is 23.5. The van der Waals surface area contributed by atoms with Gasteiger partial charge in [-0.3, -0.25) is 9.36 Å². The molecule has 0 spiro atoms. The van der Waals surface area contributed by atoms with Crippen LogP contribution in [0.1, 0.15) is 49.9 Å². The van der Waals surface area contributed by atoms with Crippen molar-refractivity contribution in [3.63, 3.8) is 0 Å². The maximum absolute atomic E-state index is 13.5. The number of imidazole rings is 1. The lowest BCUT2D eigenvalue weighted by Gasteiger charge is -2.31. The fourth-order valence-corrected chi connectivity index (χ4v) is 4.35. The zero-order chi connectivity index (χ0) is 24.1. The van der Waals surface area contributed by atoms with Gasteiger partial charge in [0.25, 0.3) is 0 Å². The van der Waals surface area contributed by atoms with Crippen LogP contribution in [0.3, 0.4) is 0 Å². The molecule has 2 aromatic heterocycles. The number of ether oxygens (including phenoxy) is 2. The normalized spacial score (nSPS) is 17.1. The Morgan fingerprint density at radius 3 is 2.68 bits per heavy atom. The van der Waals surface area contributed by atoms with Gasteiger partial charge in [0.15, 0.2) is 11.5 Å². The molecule has 34 heavy (non-hydrogen) atoms. The van der Waals surface area contributed by atoms with Crippen LogP contribution in [0.15, 0.2) is 43.0 Å². The molecule has 1 fully saturated rings. The molecule has 0 radical (unpaired) electrons. The molecule has 180 valence electrons. The van der Waals surface area contributed by atoms with Gasteiger partial charge in [0.05, 0.1) is 20.3 Å². The fourth-order valence-electron chi connectivity index (χ4n) is 4.35. The molecule has 2 unspecified atom stereocenters. The van der Waals surface area contributed by atoms with Crippen molar-refractivity contribution in [2.45, 2.75) is 51.6 Å². The number of nitrogens with zero attached hydrogens (tertiary/aromatic N) is 5. The summed E-state index contributed by atoms with van der Waals surface area (Å²) in [7, 11) is 3.21. The number of nitrogens with one attached hydrogen (secondary N) is 1. The lowest BCUT2D eigenvalue weighted by molar-refractivity contribution is -0.123. The molecule has 9 nitrogen and oxygen atoms in total. The van der Waals surface area contributed by atoms with Crippen LogP contribution in [0.2, 0.25) is 0 Å². The van der Waals surface area contributed by atoms with E-state index in [0.717, 1.165) is 49.3 Å². The van der Waals surface area contributed by atoms with Gasteiger partial charge < -0.3 is 19.7 Å². The summed E-state index contributed by atoms with van der Waals surface area (Å²) in [5.41, 5.74) is 1.79. The van der Waals surface area contributed by atoms with Crippen molar-refractivity contribution < 1.29 is 14.3 Å². The van der Waals surface area contributed by atoms with Gasteiger partial charge >= 0.3 is 0 Å². The maximum atomic E-state index is 13.5. The molecule has 1 saturated heterocycles. The van der Waals surface area contributed by atoms with Gasteiger partial charge in [-0.05, 0) is 44.4 Å².